The molecule has 0 spiro atoms. The third kappa shape index (κ3) is 6.04. The van der Waals surface area contributed by atoms with Crippen LogP contribution in [0.2, 0.25) is 0 Å². The topological polar surface area (TPSA) is 58.7 Å². The first-order chi connectivity index (χ1) is 16.2. The lowest BCUT2D eigenvalue weighted by Gasteiger charge is -2.33. The van der Waals surface area contributed by atoms with Gasteiger partial charge in [-0.1, -0.05) is 74.2 Å². The van der Waals surface area contributed by atoms with Gasteiger partial charge in [0.2, 0.25) is 5.89 Å². The van der Waals surface area contributed by atoms with Crippen LogP contribution in [-0.2, 0) is 12.1 Å². The molecular weight excluding hydrogens is 412 g/mol. The minimum Gasteiger partial charge on any atom is -0.494 e. The van der Waals surface area contributed by atoms with E-state index in [1.54, 1.807) is 6.20 Å². The number of hydrogen-bond donors (Lipinski definition) is 1. The van der Waals surface area contributed by atoms with Crippen LogP contribution in [0.5, 0.6) is 5.75 Å². The average molecular weight is 449 g/mol. The Bertz CT molecular complexity index is 952. The number of nitrogens with zero attached hydrogens (tertiary/aromatic N) is 2. The molecule has 0 aliphatic heterocycles. The number of para-hydroxylation sites is 1. The Labute approximate surface area is 197 Å². The van der Waals surface area contributed by atoms with Crippen molar-refractivity contribution in [1.29, 1.82) is 0 Å². The third-order valence-corrected chi connectivity index (χ3v) is 6.66. The standard InChI is InChI=1S/C28H36N2O3/c1-30(19-12-20-32-25-17-10-5-11-18-25)22-26-21-29-27(33-26)28(31,24-15-8-4-9-16-24)23-13-6-2-3-7-14-23/h4-5,8-11,15-18,21,23,31H,2-3,6-7,12-14,19-20,22H2,1H3. The molecule has 4 rings (SSSR count). The Kier molecular flexibility index (Phi) is 8.19. The van der Waals surface area contributed by atoms with E-state index in [9.17, 15) is 5.11 Å². The first-order valence-corrected chi connectivity index (χ1v) is 12.3. The molecule has 176 valence electrons. The van der Waals surface area contributed by atoms with Gasteiger partial charge in [-0.05, 0) is 44.0 Å². The minimum absolute atomic E-state index is 0.113. The zero-order valence-electron chi connectivity index (χ0n) is 19.7. The molecule has 33 heavy (non-hydrogen) atoms. The van der Waals surface area contributed by atoms with Gasteiger partial charge in [0.05, 0.1) is 19.3 Å². The van der Waals surface area contributed by atoms with E-state index in [-0.39, 0.29) is 5.92 Å². The highest BCUT2D eigenvalue weighted by Gasteiger charge is 2.44. The van der Waals surface area contributed by atoms with Gasteiger partial charge in [-0.15, -0.1) is 0 Å². The van der Waals surface area contributed by atoms with Crippen LogP contribution in [0.3, 0.4) is 0 Å². The van der Waals surface area contributed by atoms with Crippen LogP contribution >= 0.6 is 0 Å². The highest BCUT2D eigenvalue weighted by molar-refractivity contribution is 5.30. The van der Waals surface area contributed by atoms with Crippen LogP contribution in [0.15, 0.2) is 71.3 Å². The maximum Gasteiger partial charge on any atom is 0.231 e. The van der Waals surface area contributed by atoms with Gasteiger partial charge in [-0.25, -0.2) is 4.98 Å². The molecule has 3 aromatic rings. The van der Waals surface area contributed by atoms with Crippen LogP contribution in [0.1, 0.15) is 62.2 Å². The smallest absolute Gasteiger partial charge is 0.231 e. The molecule has 1 atom stereocenters. The summed E-state index contributed by atoms with van der Waals surface area (Å²) < 4.78 is 12.0. The van der Waals surface area contributed by atoms with E-state index in [1.165, 1.54) is 12.8 Å². The molecule has 1 aliphatic rings. The molecule has 0 bridgehead atoms. The summed E-state index contributed by atoms with van der Waals surface area (Å²) in [4.78, 5) is 6.79. The SMILES string of the molecule is CN(CCCOc1ccccc1)Cc1cnc(C(O)(c2ccccc2)C2CCCCCC2)o1. The molecule has 1 unspecified atom stereocenters. The number of hydrogen-bond acceptors (Lipinski definition) is 5. The molecule has 1 aromatic heterocycles. The van der Waals surface area contributed by atoms with Crippen molar-refractivity contribution in [2.45, 2.75) is 57.1 Å². The summed E-state index contributed by atoms with van der Waals surface area (Å²) in [6.07, 6.45) is 9.42. The van der Waals surface area contributed by atoms with Crippen molar-refractivity contribution in [3.63, 3.8) is 0 Å². The summed E-state index contributed by atoms with van der Waals surface area (Å²) >= 11 is 0. The van der Waals surface area contributed by atoms with Gasteiger partial charge in [0, 0.05) is 12.5 Å². The number of oxazole rings is 1. The second kappa shape index (κ2) is 11.5. The predicted octanol–water partition coefficient (Wildman–Crippen LogP) is 5.78. The summed E-state index contributed by atoms with van der Waals surface area (Å²) in [6.45, 7) is 2.20. The second-order valence-electron chi connectivity index (χ2n) is 9.21. The van der Waals surface area contributed by atoms with E-state index in [4.69, 9.17) is 9.15 Å². The van der Waals surface area contributed by atoms with E-state index in [1.807, 2.05) is 60.7 Å². The molecule has 0 radical (unpaired) electrons. The quantitative estimate of drug-likeness (QED) is 0.315. The molecule has 0 amide bonds. The van der Waals surface area contributed by atoms with Crippen LogP contribution in [0, 0.1) is 5.92 Å². The summed E-state index contributed by atoms with van der Waals surface area (Å²) in [5, 5.41) is 12.0. The molecule has 5 heteroatoms. The van der Waals surface area contributed by atoms with Gasteiger partial charge >= 0.3 is 0 Å². The van der Waals surface area contributed by atoms with Crippen LogP contribution in [0.4, 0.5) is 0 Å². The molecule has 0 saturated heterocycles. The molecule has 1 N–H and O–H groups in total. The molecule has 2 aromatic carbocycles. The summed E-state index contributed by atoms with van der Waals surface area (Å²) in [7, 11) is 2.07. The summed E-state index contributed by atoms with van der Waals surface area (Å²) in [5.74, 6) is 2.22. The first kappa shape index (κ1) is 23.5. The fourth-order valence-electron chi connectivity index (χ4n) is 4.87. The lowest BCUT2D eigenvalue weighted by molar-refractivity contribution is -0.0159. The Balaban J connectivity index is 1.40. The van der Waals surface area contributed by atoms with E-state index >= 15 is 0 Å². The number of aliphatic hydroxyl groups is 1. The maximum atomic E-state index is 12.0. The van der Waals surface area contributed by atoms with Crippen molar-refractivity contribution < 1.29 is 14.3 Å². The van der Waals surface area contributed by atoms with Crippen molar-refractivity contribution in [2.24, 2.45) is 5.92 Å². The van der Waals surface area contributed by atoms with Crippen molar-refractivity contribution in [1.82, 2.24) is 9.88 Å². The average Bonchev–Trinajstić information content (AvgIpc) is 3.14. The van der Waals surface area contributed by atoms with Crippen molar-refractivity contribution in [3.05, 3.63) is 84.1 Å². The summed E-state index contributed by atoms with van der Waals surface area (Å²) in [6, 6.07) is 19.8. The Morgan fingerprint density at radius 1 is 1.00 bits per heavy atom. The number of ether oxygens (including phenoxy) is 1. The van der Waals surface area contributed by atoms with E-state index in [0.717, 1.165) is 55.7 Å². The number of benzene rings is 2. The van der Waals surface area contributed by atoms with E-state index < -0.39 is 5.60 Å². The van der Waals surface area contributed by atoms with Crippen molar-refractivity contribution in [3.8, 4) is 5.75 Å². The summed E-state index contributed by atoms with van der Waals surface area (Å²) in [5.41, 5.74) is -0.317. The first-order valence-electron chi connectivity index (χ1n) is 12.3. The van der Waals surface area contributed by atoms with Crippen molar-refractivity contribution in [2.75, 3.05) is 20.2 Å². The van der Waals surface area contributed by atoms with Crippen molar-refractivity contribution >= 4 is 0 Å². The largest absolute Gasteiger partial charge is 0.494 e. The van der Waals surface area contributed by atoms with Gasteiger partial charge in [-0.3, -0.25) is 4.90 Å². The second-order valence-corrected chi connectivity index (χ2v) is 9.21. The fraction of sp³-hybridized carbons (Fsp3) is 0.464. The normalized spacial score (nSPS) is 16.9. The zero-order valence-corrected chi connectivity index (χ0v) is 19.7. The monoisotopic (exact) mass is 448 g/mol. The third-order valence-electron chi connectivity index (χ3n) is 6.66. The van der Waals surface area contributed by atoms with E-state index in [0.29, 0.717) is 19.0 Å². The fourth-order valence-corrected chi connectivity index (χ4v) is 4.87. The predicted molar refractivity (Wildman–Crippen MR) is 130 cm³/mol. The Morgan fingerprint density at radius 2 is 1.67 bits per heavy atom. The highest BCUT2D eigenvalue weighted by atomic mass is 16.5. The zero-order chi connectivity index (χ0) is 22.9. The van der Waals surface area contributed by atoms with Gasteiger partial charge in [0.1, 0.15) is 11.5 Å². The minimum atomic E-state index is -1.19. The van der Waals surface area contributed by atoms with E-state index in [2.05, 4.69) is 16.9 Å². The molecule has 5 nitrogen and oxygen atoms in total. The Hall–Kier alpha value is -2.63. The molecule has 1 saturated carbocycles. The molecule has 1 heterocycles. The molecular formula is C28H36N2O3. The van der Waals surface area contributed by atoms with Gasteiger partial charge < -0.3 is 14.3 Å². The van der Waals surface area contributed by atoms with Crippen LogP contribution in [-0.4, -0.2) is 35.2 Å². The lowest BCUT2D eigenvalue weighted by atomic mass is 9.77. The molecule has 1 fully saturated rings. The maximum absolute atomic E-state index is 12.0. The molecule has 1 aliphatic carbocycles. The number of rotatable bonds is 10. The van der Waals surface area contributed by atoms with Gasteiger partial charge in [-0.2, -0.15) is 0 Å². The van der Waals surface area contributed by atoms with Crippen LogP contribution in [0.25, 0.3) is 0 Å². The van der Waals surface area contributed by atoms with Gasteiger partial charge in [0.25, 0.3) is 0 Å². The van der Waals surface area contributed by atoms with Gasteiger partial charge in [0.15, 0.2) is 5.60 Å². The highest BCUT2D eigenvalue weighted by Crippen LogP contribution is 2.43. The Morgan fingerprint density at radius 3 is 2.36 bits per heavy atom. The number of aromatic nitrogens is 1. The van der Waals surface area contributed by atoms with Crippen LogP contribution < -0.4 is 4.74 Å². The lowest BCUT2D eigenvalue weighted by Crippen LogP contribution is -2.36.